The van der Waals surface area contributed by atoms with E-state index in [-0.39, 0.29) is 24.1 Å². The first-order valence-corrected chi connectivity index (χ1v) is 8.11. The second-order valence-corrected chi connectivity index (χ2v) is 6.92. The van der Waals surface area contributed by atoms with Gasteiger partial charge in [0.1, 0.15) is 0 Å². The van der Waals surface area contributed by atoms with E-state index in [1.165, 1.54) is 32.1 Å². The summed E-state index contributed by atoms with van der Waals surface area (Å²) in [6.45, 7) is 7.41. The number of rotatable bonds is 7. The molecule has 1 fully saturated rings. The van der Waals surface area contributed by atoms with Crippen LogP contribution in [0.4, 0.5) is 4.79 Å². The van der Waals surface area contributed by atoms with E-state index in [0.29, 0.717) is 0 Å². The Morgan fingerprint density at radius 3 is 2.55 bits per heavy atom. The van der Waals surface area contributed by atoms with E-state index in [9.17, 15) is 4.79 Å². The van der Waals surface area contributed by atoms with Gasteiger partial charge < -0.3 is 15.7 Å². The maximum absolute atomic E-state index is 11.9. The van der Waals surface area contributed by atoms with Crippen LogP contribution in [0.3, 0.4) is 0 Å². The van der Waals surface area contributed by atoms with Crippen LogP contribution in [-0.4, -0.2) is 30.3 Å². The molecule has 4 heteroatoms. The van der Waals surface area contributed by atoms with Crippen molar-refractivity contribution in [3.63, 3.8) is 0 Å². The number of hydrogen-bond donors (Lipinski definition) is 3. The molecule has 0 aromatic rings. The lowest BCUT2D eigenvalue weighted by Crippen LogP contribution is -2.46. The van der Waals surface area contributed by atoms with Crippen molar-refractivity contribution in [3.05, 3.63) is 0 Å². The summed E-state index contributed by atoms with van der Waals surface area (Å²) in [6, 6.07) is 0.0271. The lowest BCUT2D eigenvalue weighted by molar-refractivity contribution is 0.154. The highest BCUT2D eigenvalue weighted by Gasteiger charge is 2.30. The van der Waals surface area contributed by atoms with E-state index in [0.717, 1.165) is 25.3 Å². The van der Waals surface area contributed by atoms with Gasteiger partial charge in [0, 0.05) is 19.2 Å². The Morgan fingerprint density at radius 2 is 1.95 bits per heavy atom. The second-order valence-electron chi connectivity index (χ2n) is 6.92. The fourth-order valence-corrected chi connectivity index (χ4v) is 3.08. The Labute approximate surface area is 123 Å². The molecule has 1 rings (SSSR count). The Morgan fingerprint density at radius 1 is 1.30 bits per heavy atom. The van der Waals surface area contributed by atoms with Gasteiger partial charge in [-0.3, -0.25) is 0 Å². The van der Waals surface area contributed by atoms with E-state index in [1.807, 2.05) is 6.92 Å². The molecule has 1 aliphatic carbocycles. The van der Waals surface area contributed by atoms with Gasteiger partial charge in [0.15, 0.2) is 0 Å². The van der Waals surface area contributed by atoms with E-state index in [4.69, 9.17) is 5.11 Å². The number of hydrogen-bond acceptors (Lipinski definition) is 2. The molecule has 1 saturated carbocycles. The highest BCUT2D eigenvalue weighted by Crippen LogP contribution is 2.37. The maximum atomic E-state index is 11.9. The number of nitrogens with one attached hydrogen (secondary N) is 2. The van der Waals surface area contributed by atoms with Crippen LogP contribution >= 0.6 is 0 Å². The summed E-state index contributed by atoms with van der Waals surface area (Å²) in [5.74, 6) is 0.725. The first-order chi connectivity index (χ1) is 9.45. The van der Waals surface area contributed by atoms with Crippen LogP contribution < -0.4 is 10.6 Å². The quantitative estimate of drug-likeness (QED) is 0.673. The zero-order valence-electron chi connectivity index (χ0n) is 13.4. The van der Waals surface area contributed by atoms with Gasteiger partial charge >= 0.3 is 6.03 Å². The maximum Gasteiger partial charge on any atom is 0.315 e. The predicted molar refractivity (Wildman–Crippen MR) is 82.7 cm³/mol. The average molecular weight is 284 g/mol. The summed E-state index contributed by atoms with van der Waals surface area (Å²) in [5, 5.41) is 14.7. The molecule has 0 spiro atoms. The summed E-state index contributed by atoms with van der Waals surface area (Å²) in [4.78, 5) is 11.9. The molecule has 0 bridgehead atoms. The Bertz CT molecular complexity index is 286. The van der Waals surface area contributed by atoms with Crippen LogP contribution in [0.25, 0.3) is 0 Å². The van der Waals surface area contributed by atoms with Crippen LogP contribution in [0, 0.1) is 11.3 Å². The van der Waals surface area contributed by atoms with E-state index in [1.54, 1.807) is 0 Å². The monoisotopic (exact) mass is 284 g/mol. The van der Waals surface area contributed by atoms with Gasteiger partial charge in [-0.1, -0.05) is 33.1 Å². The molecular formula is C16H32N2O2. The van der Waals surface area contributed by atoms with Crippen molar-refractivity contribution in [2.45, 2.75) is 71.8 Å². The molecule has 1 unspecified atom stereocenters. The molecule has 0 aliphatic heterocycles. The van der Waals surface area contributed by atoms with Crippen molar-refractivity contribution in [2.75, 3.05) is 13.2 Å². The Hall–Kier alpha value is -0.770. The molecule has 2 amide bonds. The van der Waals surface area contributed by atoms with E-state index < -0.39 is 0 Å². The molecule has 3 N–H and O–H groups in total. The molecule has 1 atom stereocenters. The first kappa shape index (κ1) is 17.3. The molecule has 1 aliphatic rings. The van der Waals surface area contributed by atoms with Crippen molar-refractivity contribution in [1.82, 2.24) is 10.6 Å². The summed E-state index contributed by atoms with van der Waals surface area (Å²) >= 11 is 0. The van der Waals surface area contributed by atoms with Crippen LogP contribution in [0.5, 0.6) is 0 Å². The smallest absolute Gasteiger partial charge is 0.315 e. The average Bonchev–Trinajstić information content (AvgIpc) is 2.44. The molecule has 0 aromatic carbocycles. The topological polar surface area (TPSA) is 61.4 Å². The largest absolute Gasteiger partial charge is 0.396 e. The minimum Gasteiger partial charge on any atom is -0.396 e. The van der Waals surface area contributed by atoms with Crippen molar-refractivity contribution < 1.29 is 9.90 Å². The molecular weight excluding hydrogens is 252 g/mol. The van der Waals surface area contributed by atoms with Crippen molar-refractivity contribution in [2.24, 2.45) is 11.3 Å². The third kappa shape index (κ3) is 6.12. The molecule has 4 nitrogen and oxygen atoms in total. The van der Waals surface area contributed by atoms with Gasteiger partial charge in [-0.2, -0.15) is 0 Å². The summed E-state index contributed by atoms with van der Waals surface area (Å²) in [7, 11) is 0. The standard InChI is InChI=1S/C16H32N2O2/c1-13(8-7-11-19)18-15(20)17-12-16(2,3)14-9-5-4-6-10-14/h13-14,19H,4-12H2,1-3H3,(H2,17,18,20). The minimum absolute atomic E-state index is 0.0840. The highest BCUT2D eigenvalue weighted by molar-refractivity contribution is 5.74. The molecule has 0 radical (unpaired) electrons. The number of aliphatic hydroxyl groups excluding tert-OH is 1. The van der Waals surface area contributed by atoms with Gasteiger partial charge in [-0.05, 0) is 43.9 Å². The molecule has 0 aromatic heterocycles. The molecule has 20 heavy (non-hydrogen) atoms. The minimum atomic E-state index is -0.0840. The lowest BCUT2D eigenvalue weighted by Gasteiger charge is -2.37. The van der Waals surface area contributed by atoms with Gasteiger partial charge in [0.25, 0.3) is 0 Å². The summed E-state index contributed by atoms with van der Waals surface area (Å²) in [5.41, 5.74) is 0.173. The lowest BCUT2D eigenvalue weighted by atomic mass is 9.71. The fourth-order valence-electron chi connectivity index (χ4n) is 3.08. The third-order valence-electron chi connectivity index (χ3n) is 4.59. The first-order valence-electron chi connectivity index (χ1n) is 8.11. The highest BCUT2D eigenvalue weighted by atomic mass is 16.3. The van der Waals surface area contributed by atoms with Gasteiger partial charge in [0.05, 0.1) is 0 Å². The van der Waals surface area contributed by atoms with Gasteiger partial charge in [-0.15, -0.1) is 0 Å². The van der Waals surface area contributed by atoms with Crippen molar-refractivity contribution in [3.8, 4) is 0 Å². The zero-order valence-corrected chi connectivity index (χ0v) is 13.4. The number of carbonyl (C=O) groups is 1. The normalized spacial score (nSPS) is 18.6. The number of amides is 2. The predicted octanol–water partition coefficient (Wildman–Crippen LogP) is 3.05. The van der Waals surface area contributed by atoms with Crippen molar-refractivity contribution in [1.29, 1.82) is 0 Å². The third-order valence-corrected chi connectivity index (χ3v) is 4.59. The van der Waals surface area contributed by atoms with Crippen LogP contribution in [0.15, 0.2) is 0 Å². The summed E-state index contributed by atoms with van der Waals surface area (Å²) < 4.78 is 0. The SMILES string of the molecule is CC(CCCO)NC(=O)NCC(C)(C)C1CCCCC1. The van der Waals surface area contributed by atoms with Crippen LogP contribution in [0.2, 0.25) is 0 Å². The Kier molecular flexibility index (Phi) is 7.35. The van der Waals surface area contributed by atoms with Gasteiger partial charge in [0.2, 0.25) is 0 Å². The van der Waals surface area contributed by atoms with E-state index >= 15 is 0 Å². The zero-order chi connectivity index (χ0) is 15.0. The van der Waals surface area contributed by atoms with Gasteiger partial charge in [-0.25, -0.2) is 4.79 Å². The van der Waals surface area contributed by atoms with Crippen LogP contribution in [0.1, 0.15) is 65.7 Å². The Balaban J connectivity index is 2.27. The number of aliphatic hydroxyl groups is 1. The summed E-state index contributed by atoms with van der Waals surface area (Å²) in [6.07, 6.45) is 8.16. The second kappa shape index (κ2) is 8.50. The van der Waals surface area contributed by atoms with E-state index in [2.05, 4.69) is 24.5 Å². The number of carbonyl (C=O) groups excluding carboxylic acids is 1. The van der Waals surface area contributed by atoms with Crippen LogP contribution in [-0.2, 0) is 0 Å². The van der Waals surface area contributed by atoms with Crippen molar-refractivity contribution >= 4 is 6.03 Å². The molecule has 118 valence electrons. The molecule has 0 saturated heterocycles. The molecule has 0 heterocycles. The fraction of sp³-hybridized carbons (Fsp3) is 0.938. The number of urea groups is 1.